The first-order valence-electron chi connectivity index (χ1n) is 5.76. The van der Waals surface area contributed by atoms with Crippen LogP contribution >= 0.6 is 11.3 Å². The number of aliphatic hydroxyl groups excluding tert-OH is 1. The molecule has 1 aromatic heterocycles. The van der Waals surface area contributed by atoms with Crippen LogP contribution < -0.4 is 5.32 Å². The molecule has 0 aliphatic heterocycles. The second-order valence-electron chi connectivity index (χ2n) is 4.04. The zero-order chi connectivity index (χ0) is 14.3. The van der Waals surface area contributed by atoms with Crippen molar-refractivity contribution < 1.29 is 19.4 Å². The summed E-state index contributed by atoms with van der Waals surface area (Å²) in [4.78, 5) is 25.5. The SMILES string of the molecule is COCC(CO)NC(=O)CN(C)C(=O)c1cccs1. The van der Waals surface area contributed by atoms with E-state index in [2.05, 4.69) is 5.32 Å². The van der Waals surface area contributed by atoms with E-state index in [9.17, 15) is 9.59 Å². The van der Waals surface area contributed by atoms with Crippen LogP contribution in [0.4, 0.5) is 0 Å². The number of nitrogens with one attached hydrogen (secondary N) is 1. The Bertz CT molecular complexity index is 408. The zero-order valence-corrected chi connectivity index (χ0v) is 11.8. The van der Waals surface area contributed by atoms with E-state index in [4.69, 9.17) is 9.84 Å². The molecule has 1 aromatic rings. The summed E-state index contributed by atoms with van der Waals surface area (Å²) in [5, 5.41) is 13.4. The fraction of sp³-hybridized carbons (Fsp3) is 0.500. The van der Waals surface area contributed by atoms with E-state index in [1.54, 1.807) is 19.2 Å². The highest BCUT2D eigenvalue weighted by Crippen LogP contribution is 2.10. The van der Waals surface area contributed by atoms with Crippen LogP contribution in [0.25, 0.3) is 0 Å². The van der Waals surface area contributed by atoms with E-state index in [0.29, 0.717) is 4.88 Å². The van der Waals surface area contributed by atoms with Crippen molar-refractivity contribution in [2.75, 3.05) is 33.9 Å². The van der Waals surface area contributed by atoms with Gasteiger partial charge in [-0.25, -0.2) is 0 Å². The van der Waals surface area contributed by atoms with E-state index >= 15 is 0 Å². The number of ether oxygens (including phenoxy) is 1. The standard InChI is InChI=1S/C12H18N2O4S/c1-14(12(17)10-4-3-5-19-10)6-11(16)13-9(7-15)8-18-2/h3-5,9,15H,6-8H2,1-2H3,(H,13,16). The number of aliphatic hydroxyl groups is 1. The average Bonchev–Trinajstić information content (AvgIpc) is 2.90. The van der Waals surface area contributed by atoms with Crippen LogP contribution in [-0.4, -0.2) is 61.8 Å². The topological polar surface area (TPSA) is 78.9 Å². The number of rotatable bonds is 7. The number of methoxy groups -OCH3 is 1. The van der Waals surface area contributed by atoms with Gasteiger partial charge in [0, 0.05) is 14.2 Å². The lowest BCUT2D eigenvalue weighted by Crippen LogP contribution is -2.45. The van der Waals surface area contributed by atoms with Crippen LogP contribution in [0.1, 0.15) is 9.67 Å². The van der Waals surface area contributed by atoms with E-state index in [1.807, 2.05) is 5.38 Å². The summed E-state index contributed by atoms with van der Waals surface area (Å²) in [6.07, 6.45) is 0. The first-order chi connectivity index (χ1) is 9.08. The number of hydrogen-bond acceptors (Lipinski definition) is 5. The molecular weight excluding hydrogens is 268 g/mol. The summed E-state index contributed by atoms with van der Waals surface area (Å²) in [5.41, 5.74) is 0. The highest BCUT2D eigenvalue weighted by molar-refractivity contribution is 7.12. The fourth-order valence-electron chi connectivity index (χ4n) is 1.49. The second kappa shape index (κ2) is 7.88. The molecule has 0 aliphatic rings. The van der Waals surface area contributed by atoms with Gasteiger partial charge in [0.25, 0.3) is 5.91 Å². The third-order valence-electron chi connectivity index (χ3n) is 2.41. The molecule has 1 atom stereocenters. The number of carbonyl (C=O) groups is 2. The summed E-state index contributed by atoms with van der Waals surface area (Å²) in [5.74, 6) is -0.527. The van der Waals surface area contributed by atoms with Crippen molar-refractivity contribution >= 4 is 23.2 Å². The smallest absolute Gasteiger partial charge is 0.264 e. The van der Waals surface area contributed by atoms with Gasteiger partial charge in [-0.2, -0.15) is 0 Å². The van der Waals surface area contributed by atoms with Crippen LogP contribution in [-0.2, 0) is 9.53 Å². The molecule has 7 heteroatoms. The van der Waals surface area contributed by atoms with E-state index in [-0.39, 0.29) is 31.6 Å². The Morgan fingerprint density at radius 2 is 2.32 bits per heavy atom. The Morgan fingerprint density at radius 3 is 2.84 bits per heavy atom. The second-order valence-corrected chi connectivity index (χ2v) is 4.99. The van der Waals surface area contributed by atoms with Gasteiger partial charge in [0.2, 0.25) is 5.91 Å². The fourth-order valence-corrected chi connectivity index (χ4v) is 2.21. The number of thiophene rings is 1. The first kappa shape index (κ1) is 15.6. The molecule has 2 amide bonds. The van der Waals surface area contributed by atoms with Crippen molar-refractivity contribution in [3.8, 4) is 0 Å². The minimum atomic E-state index is -0.456. The monoisotopic (exact) mass is 286 g/mol. The van der Waals surface area contributed by atoms with Crippen LogP contribution in [0.5, 0.6) is 0 Å². The summed E-state index contributed by atoms with van der Waals surface area (Å²) < 4.78 is 4.85. The van der Waals surface area contributed by atoms with Crippen molar-refractivity contribution in [1.82, 2.24) is 10.2 Å². The van der Waals surface area contributed by atoms with E-state index in [1.165, 1.54) is 23.3 Å². The van der Waals surface area contributed by atoms with Gasteiger partial charge in [0.1, 0.15) is 0 Å². The Balaban J connectivity index is 2.45. The maximum absolute atomic E-state index is 11.9. The molecular formula is C12H18N2O4S. The summed E-state index contributed by atoms with van der Waals surface area (Å²) in [7, 11) is 3.05. The van der Waals surface area contributed by atoms with Gasteiger partial charge >= 0.3 is 0 Å². The minimum Gasteiger partial charge on any atom is -0.394 e. The predicted octanol–water partition coefficient (Wildman–Crippen LogP) is -0.0564. The van der Waals surface area contributed by atoms with Gasteiger partial charge in [-0.05, 0) is 11.4 Å². The van der Waals surface area contributed by atoms with Gasteiger partial charge in [-0.15, -0.1) is 11.3 Å². The Hall–Kier alpha value is -1.44. The highest BCUT2D eigenvalue weighted by atomic mass is 32.1. The molecule has 0 saturated carbocycles. The lowest BCUT2D eigenvalue weighted by Gasteiger charge is -2.19. The van der Waals surface area contributed by atoms with E-state index < -0.39 is 6.04 Å². The highest BCUT2D eigenvalue weighted by Gasteiger charge is 2.17. The molecule has 1 heterocycles. The summed E-state index contributed by atoms with van der Waals surface area (Å²) >= 11 is 1.33. The maximum atomic E-state index is 11.9. The van der Waals surface area contributed by atoms with Crippen molar-refractivity contribution in [1.29, 1.82) is 0 Å². The largest absolute Gasteiger partial charge is 0.394 e. The number of nitrogens with zero attached hydrogens (tertiary/aromatic N) is 1. The molecule has 106 valence electrons. The van der Waals surface area contributed by atoms with Crippen molar-refractivity contribution in [3.63, 3.8) is 0 Å². The summed E-state index contributed by atoms with van der Waals surface area (Å²) in [6, 6.07) is 3.04. The van der Waals surface area contributed by atoms with Gasteiger partial charge in [0.05, 0.1) is 30.7 Å². The molecule has 0 saturated heterocycles. The molecule has 1 rings (SSSR count). The first-order valence-corrected chi connectivity index (χ1v) is 6.64. The zero-order valence-electron chi connectivity index (χ0n) is 11.0. The quantitative estimate of drug-likeness (QED) is 0.736. The predicted molar refractivity (Wildman–Crippen MR) is 72.2 cm³/mol. The lowest BCUT2D eigenvalue weighted by molar-refractivity contribution is -0.123. The molecule has 0 aromatic carbocycles. The van der Waals surface area contributed by atoms with E-state index in [0.717, 1.165) is 0 Å². The molecule has 0 aliphatic carbocycles. The number of amides is 2. The lowest BCUT2D eigenvalue weighted by atomic mass is 10.3. The number of carbonyl (C=O) groups excluding carboxylic acids is 2. The maximum Gasteiger partial charge on any atom is 0.264 e. The molecule has 1 unspecified atom stereocenters. The Morgan fingerprint density at radius 1 is 1.58 bits per heavy atom. The van der Waals surface area contributed by atoms with Crippen molar-refractivity contribution in [3.05, 3.63) is 22.4 Å². The van der Waals surface area contributed by atoms with Gasteiger partial charge in [0.15, 0.2) is 0 Å². The van der Waals surface area contributed by atoms with Crippen molar-refractivity contribution in [2.45, 2.75) is 6.04 Å². The minimum absolute atomic E-state index is 0.0586. The van der Waals surface area contributed by atoms with Gasteiger partial charge in [-0.1, -0.05) is 6.07 Å². The molecule has 19 heavy (non-hydrogen) atoms. The Labute approximate surface area is 116 Å². The Kier molecular flexibility index (Phi) is 6.48. The normalized spacial score (nSPS) is 11.9. The summed E-state index contributed by atoms with van der Waals surface area (Å²) in [6.45, 7) is -0.0378. The van der Waals surface area contributed by atoms with Crippen molar-refractivity contribution in [2.24, 2.45) is 0 Å². The number of likely N-dealkylation sites (N-methyl/N-ethyl adjacent to an activating group) is 1. The van der Waals surface area contributed by atoms with Gasteiger partial charge < -0.3 is 20.1 Å². The molecule has 0 spiro atoms. The molecule has 6 nitrogen and oxygen atoms in total. The van der Waals surface area contributed by atoms with Crippen LogP contribution in [0, 0.1) is 0 Å². The molecule has 0 bridgehead atoms. The van der Waals surface area contributed by atoms with Gasteiger partial charge in [-0.3, -0.25) is 9.59 Å². The average molecular weight is 286 g/mol. The number of hydrogen-bond donors (Lipinski definition) is 2. The third-order valence-corrected chi connectivity index (χ3v) is 3.27. The molecule has 2 N–H and O–H groups in total. The molecule has 0 radical (unpaired) electrons. The van der Waals surface area contributed by atoms with Crippen LogP contribution in [0.3, 0.4) is 0 Å². The molecule has 0 fully saturated rings. The van der Waals surface area contributed by atoms with Crippen LogP contribution in [0.2, 0.25) is 0 Å². The van der Waals surface area contributed by atoms with Crippen LogP contribution in [0.15, 0.2) is 17.5 Å². The third kappa shape index (κ3) is 4.98.